The number of rotatable bonds is 4. The molecule has 0 saturated carbocycles. The molecule has 1 heterocycles. The van der Waals surface area contributed by atoms with E-state index in [-0.39, 0.29) is 0 Å². The van der Waals surface area contributed by atoms with Gasteiger partial charge in [0.2, 0.25) is 0 Å². The zero-order chi connectivity index (χ0) is 12.3. The topological polar surface area (TPSA) is 36.6 Å². The van der Waals surface area contributed by atoms with Crippen LogP contribution in [0.15, 0.2) is 46.9 Å². The van der Waals surface area contributed by atoms with Crippen molar-refractivity contribution in [2.45, 2.75) is 6.10 Å². The van der Waals surface area contributed by atoms with Crippen molar-refractivity contribution in [1.29, 1.82) is 0 Å². The van der Waals surface area contributed by atoms with Gasteiger partial charge in [-0.1, -0.05) is 30.3 Å². The molecule has 0 aliphatic rings. The Labute approximate surface area is 101 Å². The van der Waals surface area contributed by atoms with Gasteiger partial charge in [0.15, 0.2) is 0 Å². The molecule has 2 rings (SSSR count). The van der Waals surface area contributed by atoms with E-state index in [0.29, 0.717) is 12.3 Å². The molecule has 1 unspecified atom stereocenters. The molecule has 0 amide bonds. The molecule has 0 fully saturated rings. The van der Waals surface area contributed by atoms with Gasteiger partial charge in [-0.2, -0.15) is 0 Å². The number of likely N-dealkylation sites (N-methyl/N-ethyl adjacent to an activating group) is 1. The third kappa shape index (κ3) is 2.96. The van der Waals surface area contributed by atoms with Gasteiger partial charge in [0, 0.05) is 19.2 Å². The first kappa shape index (κ1) is 11.9. The molecule has 1 radical (unpaired) electrons. The molecule has 0 bridgehead atoms. The Morgan fingerprint density at radius 1 is 1.24 bits per heavy atom. The summed E-state index contributed by atoms with van der Waals surface area (Å²) in [4.78, 5) is 1.68. The Balaban J connectivity index is 2.16. The van der Waals surface area contributed by atoms with Crippen molar-refractivity contribution in [2.75, 3.05) is 13.6 Å². The fourth-order valence-corrected chi connectivity index (χ4v) is 1.67. The molecule has 0 spiro atoms. The van der Waals surface area contributed by atoms with Gasteiger partial charge in [-0.05, 0) is 19.2 Å². The standard InChI is InChI=1S/C14H16NO2/c1-15(2)10-12(16)14-9-8-13(17-14)11-6-4-3-5-7-11/h3-9,12,16H,1,10H2,2H3. The minimum absolute atomic E-state index is 0.446. The summed E-state index contributed by atoms with van der Waals surface area (Å²) < 4.78 is 5.63. The van der Waals surface area contributed by atoms with Crippen LogP contribution in [0, 0.1) is 7.05 Å². The maximum absolute atomic E-state index is 9.88. The summed E-state index contributed by atoms with van der Waals surface area (Å²) in [6.45, 7) is 0.446. The largest absolute Gasteiger partial charge is 0.458 e. The first-order chi connectivity index (χ1) is 8.16. The lowest BCUT2D eigenvalue weighted by Gasteiger charge is -2.13. The average Bonchev–Trinajstić information content (AvgIpc) is 2.78. The van der Waals surface area contributed by atoms with E-state index in [2.05, 4.69) is 7.05 Å². The maximum atomic E-state index is 9.88. The van der Waals surface area contributed by atoms with E-state index in [1.165, 1.54) is 0 Å². The lowest BCUT2D eigenvalue weighted by molar-refractivity contribution is 0.122. The number of furan rings is 1. The van der Waals surface area contributed by atoms with Crippen LogP contribution >= 0.6 is 0 Å². The van der Waals surface area contributed by atoms with Crippen LogP contribution in [0.2, 0.25) is 0 Å². The van der Waals surface area contributed by atoms with E-state index in [0.717, 1.165) is 11.3 Å². The third-order valence-corrected chi connectivity index (χ3v) is 2.50. The van der Waals surface area contributed by atoms with Gasteiger partial charge in [-0.15, -0.1) is 0 Å². The van der Waals surface area contributed by atoms with Gasteiger partial charge in [0.25, 0.3) is 0 Å². The minimum Gasteiger partial charge on any atom is -0.458 e. The first-order valence-electron chi connectivity index (χ1n) is 5.51. The zero-order valence-electron chi connectivity index (χ0n) is 9.84. The molecular weight excluding hydrogens is 214 g/mol. The van der Waals surface area contributed by atoms with E-state index < -0.39 is 6.10 Å². The Hall–Kier alpha value is -1.58. The highest BCUT2D eigenvalue weighted by molar-refractivity contribution is 5.57. The number of aliphatic hydroxyl groups is 1. The summed E-state index contributed by atoms with van der Waals surface area (Å²) in [5.74, 6) is 1.34. The van der Waals surface area contributed by atoms with E-state index in [4.69, 9.17) is 4.42 Å². The second kappa shape index (κ2) is 5.17. The van der Waals surface area contributed by atoms with E-state index in [1.54, 1.807) is 11.0 Å². The number of aliphatic hydroxyl groups excluding tert-OH is 1. The molecule has 1 aromatic carbocycles. The van der Waals surface area contributed by atoms with Gasteiger partial charge in [-0.25, -0.2) is 0 Å². The van der Waals surface area contributed by atoms with Gasteiger partial charge >= 0.3 is 0 Å². The summed E-state index contributed by atoms with van der Waals surface area (Å²) in [6, 6.07) is 13.5. The third-order valence-electron chi connectivity index (χ3n) is 2.50. The van der Waals surface area contributed by atoms with Crippen molar-refractivity contribution in [3.63, 3.8) is 0 Å². The van der Waals surface area contributed by atoms with Crippen LogP contribution < -0.4 is 0 Å². The quantitative estimate of drug-likeness (QED) is 0.877. The molecule has 3 nitrogen and oxygen atoms in total. The van der Waals surface area contributed by atoms with Crippen LogP contribution in [0.3, 0.4) is 0 Å². The fraction of sp³-hybridized carbons (Fsp3) is 0.214. The van der Waals surface area contributed by atoms with Gasteiger partial charge in [0.1, 0.15) is 17.6 Å². The first-order valence-corrected chi connectivity index (χ1v) is 5.51. The normalized spacial score (nSPS) is 12.9. The number of nitrogens with zero attached hydrogens (tertiary/aromatic N) is 1. The molecule has 1 aromatic heterocycles. The highest BCUT2D eigenvalue weighted by Crippen LogP contribution is 2.25. The Morgan fingerprint density at radius 3 is 2.59 bits per heavy atom. The van der Waals surface area contributed by atoms with Gasteiger partial charge < -0.3 is 14.4 Å². The van der Waals surface area contributed by atoms with Crippen LogP contribution in [-0.4, -0.2) is 23.6 Å². The minimum atomic E-state index is -0.644. The van der Waals surface area contributed by atoms with Gasteiger partial charge in [-0.3, -0.25) is 0 Å². The molecule has 2 aromatic rings. The number of benzene rings is 1. The van der Waals surface area contributed by atoms with Crippen molar-refractivity contribution in [2.24, 2.45) is 0 Å². The second-order valence-corrected chi connectivity index (χ2v) is 4.12. The molecule has 0 aliphatic heterocycles. The molecule has 1 atom stereocenters. The number of hydrogen-bond acceptors (Lipinski definition) is 3. The van der Waals surface area contributed by atoms with Gasteiger partial charge in [0.05, 0.1) is 0 Å². The SMILES string of the molecule is [CH2]N(C)CC(O)c1ccc(-c2ccccc2)o1. The summed E-state index contributed by atoms with van der Waals surface area (Å²) in [7, 11) is 5.51. The lowest BCUT2D eigenvalue weighted by atomic mass is 10.2. The van der Waals surface area contributed by atoms with Crippen molar-refractivity contribution >= 4 is 0 Å². The van der Waals surface area contributed by atoms with Crippen molar-refractivity contribution < 1.29 is 9.52 Å². The van der Waals surface area contributed by atoms with Crippen molar-refractivity contribution in [3.05, 3.63) is 55.3 Å². The Bertz CT molecular complexity index is 462. The molecule has 0 aliphatic carbocycles. The highest BCUT2D eigenvalue weighted by Gasteiger charge is 2.13. The molecule has 89 valence electrons. The van der Waals surface area contributed by atoms with Crippen LogP contribution in [0.1, 0.15) is 11.9 Å². The summed E-state index contributed by atoms with van der Waals surface area (Å²) in [6.07, 6.45) is -0.644. The van der Waals surface area contributed by atoms with Crippen LogP contribution in [0.5, 0.6) is 0 Å². The summed E-state index contributed by atoms with van der Waals surface area (Å²) in [5, 5.41) is 9.88. The smallest absolute Gasteiger partial charge is 0.134 e. The lowest BCUT2D eigenvalue weighted by Crippen LogP contribution is -2.17. The second-order valence-electron chi connectivity index (χ2n) is 4.12. The van der Waals surface area contributed by atoms with Crippen LogP contribution in [0.25, 0.3) is 11.3 Å². The molecule has 3 heteroatoms. The monoisotopic (exact) mass is 230 g/mol. The highest BCUT2D eigenvalue weighted by atomic mass is 16.4. The van der Waals surface area contributed by atoms with E-state index >= 15 is 0 Å². The molecule has 17 heavy (non-hydrogen) atoms. The summed E-state index contributed by atoms with van der Waals surface area (Å²) in [5.41, 5.74) is 1.01. The molecule has 1 N–H and O–H groups in total. The number of hydrogen-bond donors (Lipinski definition) is 1. The van der Waals surface area contributed by atoms with Crippen LogP contribution in [-0.2, 0) is 0 Å². The molecule has 0 saturated heterocycles. The predicted octanol–water partition coefficient (Wildman–Crippen LogP) is 2.70. The maximum Gasteiger partial charge on any atom is 0.134 e. The zero-order valence-corrected chi connectivity index (χ0v) is 9.84. The van der Waals surface area contributed by atoms with Crippen molar-refractivity contribution in [1.82, 2.24) is 4.90 Å². The Morgan fingerprint density at radius 2 is 1.94 bits per heavy atom. The van der Waals surface area contributed by atoms with Crippen LogP contribution in [0.4, 0.5) is 0 Å². The molecular formula is C14H16NO2. The van der Waals surface area contributed by atoms with E-state index in [1.807, 2.05) is 43.4 Å². The average molecular weight is 230 g/mol. The summed E-state index contributed by atoms with van der Waals surface area (Å²) >= 11 is 0. The Kier molecular flexibility index (Phi) is 3.61. The van der Waals surface area contributed by atoms with Crippen molar-refractivity contribution in [3.8, 4) is 11.3 Å². The van der Waals surface area contributed by atoms with E-state index in [9.17, 15) is 5.11 Å². The fourth-order valence-electron chi connectivity index (χ4n) is 1.67. The predicted molar refractivity (Wildman–Crippen MR) is 67.1 cm³/mol.